The summed E-state index contributed by atoms with van der Waals surface area (Å²) in [6, 6.07) is 0. The van der Waals surface area contributed by atoms with Crippen LogP contribution in [0, 0.1) is 0 Å². The van der Waals surface area contributed by atoms with Crippen LogP contribution in [0.1, 0.15) is 336 Å². The van der Waals surface area contributed by atoms with Gasteiger partial charge in [-0.2, -0.15) is 0 Å². The first-order chi connectivity index (χ1) is 47.7. The lowest BCUT2D eigenvalue weighted by Crippen LogP contribution is -2.30. The van der Waals surface area contributed by atoms with Gasteiger partial charge in [0, 0.05) is 25.7 Å². The molecular formula is C79H140O17P2. The zero-order valence-corrected chi connectivity index (χ0v) is 63.7. The molecule has 0 aliphatic heterocycles. The van der Waals surface area contributed by atoms with E-state index in [4.69, 9.17) is 37.0 Å². The van der Waals surface area contributed by atoms with Crippen molar-refractivity contribution >= 4 is 39.5 Å². The molecule has 5 unspecified atom stereocenters. The average molecular weight is 1420 g/mol. The molecule has 0 saturated carbocycles. The van der Waals surface area contributed by atoms with Gasteiger partial charge in [0.05, 0.1) is 26.4 Å². The van der Waals surface area contributed by atoms with Gasteiger partial charge in [0.2, 0.25) is 0 Å². The second-order valence-corrected chi connectivity index (χ2v) is 28.8. The molecular weight excluding hydrogens is 1280 g/mol. The highest BCUT2D eigenvalue weighted by Gasteiger charge is 2.30. The van der Waals surface area contributed by atoms with Crippen LogP contribution in [0.4, 0.5) is 0 Å². The number of hydrogen-bond acceptors (Lipinski definition) is 15. The number of rotatable bonds is 73. The molecule has 0 aromatic carbocycles. The largest absolute Gasteiger partial charge is 0.472 e. The summed E-state index contributed by atoms with van der Waals surface area (Å²) < 4.78 is 68.5. The van der Waals surface area contributed by atoms with E-state index in [-0.39, 0.29) is 25.7 Å². The monoisotopic (exact) mass is 1420 g/mol. The number of aliphatic hydroxyl groups excluding tert-OH is 1. The predicted molar refractivity (Wildman–Crippen MR) is 399 cm³/mol. The fourth-order valence-corrected chi connectivity index (χ4v) is 12.1. The molecule has 0 bridgehead atoms. The summed E-state index contributed by atoms with van der Waals surface area (Å²) in [5, 5.41) is 10.6. The van der Waals surface area contributed by atoms with Crippen LogP contribution in [0.3, 0.4) is 0 Å². The maximum Gasteiger partial charge on any atom is 0.472 e. The van der Waals surface area contributed by atoms with Crippen LogP contribution in [-0.4, -0.2) is 96.7 Å². The predicted octanol–water partition coefficient (Wildman–Crippen LogP) is 22.2. The normalized spacial score (nSPS) is 14.4. The van der Waals surface area contributed by atoms with E-state index in [1.165, 1.54) is 103 Å². The van der Waals surface area contributed by atoms with Crippen LogP contribution in [0.15, 0.2) is 85.1 Å². The molecule has 0 radical (unpaired) electrons. The summed E-state index contributed by atoms with van der Waals surface area (Å²) >= 11 is 0. The molecule has 0 aromatic heterocycles. The molecule has 0 heterocycles. The summed E-state index contributed by atoms with van der Waals surface area (Å²) in [6.45, 7) is 4.64. The molecule has 0 aromatic rings. The first kappa shape index (κ1) is 94.2. The third-order valence-electron chi connectivity index (χ3n) is 16.4. The topological polar surface area (TPSA) is 237 Å². The molecule has 5 atom stereocenters. The molecule has 0 aliphatic carbocycles. The highest BCUT2D eigenvalue weighted by Crippen LogP contribution is 2.45. The number of carbonyl (C=O) groups is 4. The molecule has 0 aliphatic rings. The van der Waals surface area contributed by atoms with E-state index in [0.29, 0.717) is 25.7 Å². The van der Waals surface area contributed by atoms with Crippen molar-refractivity contribution in [1.82, 2.24) is 0 Å². The highest BCUT2D eigenvalue weighted by atomic mass is 31.2. The van der Waals surface area contributed by atoms with Gasteiger partial charge < -0.3 is 33.8 Å². The van der Waals surface area contributed by atoms with E-state index >= 15 is 0 Å². The van der Waals surface area contributed by atoms with E-state index in [9.17, 15) is 43.2 Å². The van der Waals surface area contributed by atoms with Crippen molar-refractivity contribution in [2.75, 3.05) is 39.6 Å². The van der Waals surface area contributed by atoms with Crippen LogP contribution in [0.2, 0.25) is 0 Å². The van der Waals surface area contributed by atoms with Crippen molar-refractivity contribution < 1.29 is 80.2 Å². The van der Waals surface area contributed by atoms with Gasteiger partial charge in [0.1, 0.15) is 19.3 Å². The number of ether oxygens (including phenoxy) is 4. The smallest absolute Gasteiger partial charge is 0.462 e. The van der Waals surface area contributed by atoms with Crippen LogP contribution in [-0.2, 0) is 65.4 Å². The SMILES string of the molecule is CC/C=C\C/C=C\C/C=C\C/C=C\CCCCCCC(=O)OCC(COP(=O)(O)OCC(O)COP(=O)(O)OCC(COC(=O)CCCCCCC/C=C\C/C=C\C/C=C\CC)OC(=O)CCCCCCCCCCCCC)OC(=O)CCCCCCCCCCCCCCCCC. The van der Waals surface area contributed by atoms with Crippen LogP contribution in [0.25, 0.3) is 0 Å². The van der Waals surface area contributed by atoms with E-state index in [1.807, 2.05) is 0 Å². The van der Waals surface area contributed by atoms with E-state index < -0.39 is 97.5 Å². The first-order valence-electron chi connectivity index (χ1n) is 38.8. The summed E-state index contributed by atoms with van der Waals surface area (Å²) in [7, 11) is -9.95. The average Bonchev–Trinajstić information content (AvgIpc) is 0.986. The molecule has 568 valence electrons. The van der Waals surface area contributed by atoms with Crippen molar-refractivity contribution in [2.24, 2.45) is 0 Å². The Morgan fingerprint density at radius 3 is 0.816 bits per heavy atom. The third kappa shape index (κ3) is 70.7. The Balaban J connectivity index is 5.33. The Morgan fingerprint density at radius 2 is 0.531 bits per heavy atom. The van der Waals surface area contributed by atoms with Crippen molar-refractivity contribution in [1.29, 1.82) is 0 Å². The minimum Gasteiger partial charge on any atom is -0.462 e. The standard InChI is InChI=1S/C79H140O17P2/c1-5-9-13-17-21-25-29-32-35-36-39-41-45-48-52-56-60-64-77(82)90-70-75(96-79(84)66-62-58-54-50-46-42-38-34-31-27-23-19-15-11-7-3)72-94-98(87,88)92-68-73(80)67-91-97(85,86)93-71-74(95-78(83)65-61-57-53-49-43-28-24-20-16-12-8-4)69-89-76(81)63-59-55-51-47-44-40-37-33-30-26-22-18-14-10-6-2/h9-10,13-14,21-22,25-26,32-33,35,37,39,41,73-75,80H,5-8,11-12,15-20,23-24,27-31,34,36,38,40,42-72H2,1-4H3,(H,85,86)(H,87,88)/b13-9-,14-10-,25-21-,26-22-,35-32-,37-33-,41-39-. The lowest BCUT2D eigenvalue weighted by atomic mass is 10.0. The van der Waals surface area contributed by atoms with Gasteiger partial charge in [-0.25, -0.2) is 9.13 Å². The molecule has 19 heteroatoms. The zero-order valence-electron chi connectivity index (χ0n) is 62.0. The number of allylic oxidation sites excluding steroid dienone is 14. The number of aliphatic hydroxyl groups is 1. The molecule has 0 spiro atoms. The van der Waals surface area contributed by atoms with Crippen molar-refractivity contribution in [3.8, 4) is 0 Å². The van der Waals surface area contributed by atoms with Crippen LogP contribution >= 0.6 is 15.6 Å². The summed E-state index contributed by atoms with van der Waals surface area (Å²) in [6.07, 6.45) is 72.8. The first-order valence-corrected chi connectivity index (χ1v) is 41.8. The van der Waals surface area contributed by atoms with E-state index in [0.717, 1.165) is 154 Å². The number of phosphoric acid groups is 2. The van der Waals surface area contributed by atoms with Crippen LogP contribution in [0.5, 0.6) is 0 Å². The molecule has 3 N–H and O–H groups in total. The molecule has 0 saturated heterocycles. The fraction of sp³-hybridized carbons (Fsp3) is 0.772. The van der Waals surface area contributed by atoms with Gasteiger partial charge in [0.25, 0.3) is 0 Å². The lowest BCUT2D eigenvalue weighted by molar-refractivity contribution is -0.161. The van der Waals surface area contributed by atoms with Gasteiger partial charge in [-0.15, -0.1) is 0 Å². The quantitative estimate of drug-likeness (QED) is 0.0169. The summed E-state index contributed by atoms with van der Waals surface area (Å²) in [5.74, 6) is -2.20. The fourth-order valence-electron chi connectivity index (χ4n) is 10.5. The van der Waals surface area contributed by atoms with E-state index in [2.05, 4.69) is 113 Å². The second-order valence-electron chi connectivity index (χ2n) is 25.9. The number of carbonyl (C=O) groups excluding carboxylic acids is 4. The van der Waals surface area contributed by atoms with Crippen molar-refractivity contribution in [2.45, 2.75) is 354 Å². The number of phosphoric ester groups is 2. The van der Waals surface area contributed by atoms with Crippen molar-refractivity contribution in [3.05, 3.63) is 85.1 Å². The van der Waals surface area contributed by atoms with Gasteiger partial charge >= 0.3 is 39.5 Å². The number of unbranched alkanes of at least 4 members (excludes halogenated alkanes) is 33. The van der Waals surface area contributed by atoms with Gasteiger partial charge in [-0.1, -0.05) is 299 Å². The third-order valence-corrected chi connectivity index (χ3v) is 18.3. The maximum absolute atomic E-state index is 13.1. The Hall–Kier alpha value is -3.76. The number of hydrogen-bond donors (Lipinski definition) is 3. The molecule has 0 fully saturated rings. The van der Waals surface area contributed by atoms with Gasteiger partial charge in [0.15, 0.2) is 12.2 Å². The Labute approximate surface area is 595 Å². The molecule has 0 amide bonds. The Bertz CT molecular complexity index is 2190. The number of esters is 4. The van der Waals surface area contributed by atoms with Crippen molar-refractivity contribution in [3.63, 3.8) is 0 Å². The summed E-state index contributed by atoms with van der Waals surface area (Å²) in [4.78, 5) is 72.9. The van der Waals surface area contributed by atoms with Gasteiger partial charge in [-0.3, -0.25) is 37.3 Å². The highest BCUT2D eigenvalue weighted by molar-refractivity contribution is 7.47. The Kier molecular flexibility index (Phi) is 68.9. The molecule has 0 rings (SSSR count). The molecule has 98 heavy (non-hydrogen) atoms. The van der Waals surface area contributed by atoms with Crippen LogP contribution < -0.4 is 0 Å². The second kappa shape index (κ2) is 71.6. The maximum atomic E-state index is 13.1. The minimum atomic E-state index is -4.98. The van der Waals surface area contributed by atoms with E-state index in [1.54, 1.807) is 0 Å². The van der Waals surface area contributed by atoms with Gasteiger partial charge in [-0.05, 0) is 96.3 Å². The zero-order chi connectivity index (χ0) is 71.8. The Morgan fingerprint density at radius 1 is 0.296 bits per heavy atom. The molecule has 17 nitrogen and oxygen atoms in total. The summed E-state index contributed by atoms with van der Waals surface area (Å²) in [5.41, 5.74) is 0. The lowest BCUT2D eigenvalue weighted by Gasteiger charge is -2.21. The minimum absolute atomic E-state index is 0.0938.